The molecule has 1 aromatic carbocycles. The number of aliphatic imine (C=N–C) groups is 1. The summed E-state index contributed by atoms with van der Waals surface area (Å²) >= 11 is 11.8. The van der Waals surface area contributed by atoms with Crippen LogP contribution in [0, 0.1) is 0 Å². The fraction of sp³-hybridized carbons (Fsp3) is 0.176. The molecule has 140 valence electrons. The zero-order valence-electron chi connectivity index (χ0n) is 14.5. The van der Waals surface area contributed by atoms with Gasteiger partial charge in [0.1, 0.15) is 22.3 Å². The van der Waals surface area contributed by atoms with Crippen LogP contribution in [0.3, 0.4) is 0 Å². The first-order valence-corrected chi connectivity index (χ1v) is 8.41. The molecule has 0 unspecified atom stereocenters. The van der Waals surface area contributed by atoms with E-state index >= 15 is 0 Å². The molecule has 1 N–H and O–H groups in total. The van der Waals surface area contributed by atoms with Gasteiger partial charge < -0.3 is 5.11 Å². The molecule has 0 aliphatic rings. The van der Waals surface area contributed by atoms with Crippen LogP contribution < -0.4 is 16.8 Å². The van der Waals surface area contributed by atoms with Crippen LogP contribution in [0.15, 0.2) is 37.6 Å². The van der Waals surface area contributed by atoms with E-state index in [-0.39, 0.29) is 16.6 Å². The second kappa shape index (κ2) is 6.71. The molecule has 3 aromatic rings. The SMILES string of the molecule is Cn1c(=O)c2c(O)c(C=Nc3cc(Cl)cc(Cl)c3)c(=O)n(C)c2n(C)c1=O. The Hall–Kier alpha value is -2.84. The van der Waals surface area contributed by atoms with E-state index in [1.165, 1.54) is 39.3 Å². The van der Waals surface area contributed by atoms with Crippen molar-refractivity contribution in [3.63, 3.8) is 0 Å². The van der Waals surface area contributed by atoms with Crippen LogP contribution in [0.5, 0.6) is 5.75 Å². The normalized spacial score (nSPS) is 11.6. The number of aromatic hydroxyl groups is 1. The minimum absolute atomic E-state index is 0.00792. The number of pyridine rings is 1. The Morgan fingerprint density at radius 2 is 1.52 bits per heavy atom. The molecule has 0 fully saturated rings. The van der Waals surface area contributed by atoms with Gasteiger partial charge in [-0.05, 0) is 18.2 Å². The number of rotatable bonds is 2. The zero-order chi connectivity index (χ0) is 20.0. The van der Waals surface area contributed by atoms with Crippen molar-refractivity contribution in [3.05, 3.63) is 65.0 Å². The highest BCUT2D eigenvalue weighted by molar-refractivity contribution is 6.35. The van der Waals surface area contributed by atoms with E-state index in [2.05, 4.69) is 4.99 Å². The topological polar surface area (TPSA) is 98.6 Å². The number of hydrogen-bond donors (Lipinski definition) is 1. The highest BCUT2D eigenvalue weighted by Gasteiger charge is 2.20. The Morgan fingerprint density at radius 1 is 0.926 bits per heavy atom. The average molecular weight is 409 g/mol. The molecule has 0 amide bonds. The number of hydrogen-bond acceptors (Lipinski definition) is 5. The summed E-state index contributed by atoms with van der Waals surface area (Å²) in [7, 11) is 4.09. The van der Waals surface area contributed by atoms with Crippen molar-refractivity contribution >= 4 is 46.1 Å². The lowest BCUT2D eigenvalue weighted by Crippen LogP contribution is -2.40. The molecule has 0 aliphatic carbocycles. The Kier molecular flexibility index (Phi) is 4.71. The van der Waals surface area contributed by atoms with Gasteiger partial charge in [0.05, 0.1) is 5.69 Å². The van der Waals surface area contributed by atoms with Crippen LogP contribution in [0.2, 0.25) is 10.0 Å². The number of nitrogens with zero attached hydrogens (tertiary/aromatic N) is 4. The minimum Gasteiger partial charge on any atom is -0.506 e. The van der Waals surface area contributed by atoms with E-state index < -0.39 is 22.6 Å². The molecule has 8 nitrogen and oxygen atoms in total. The third kappa shape index (κ3) is 3.07. The van der Waals surface area contributed by atoms with Gasteiger partial charge >= 0.3 is 5.69 Å². The van der Waals surface area contributed by atoms with E-state index in [1.54, 1.807) is 0 Å². The number of aryl methyl sites for hydroxylation is 2. The lowest BCUT2D eigenvalue weighted by atomic mass is 10.2. The molecule has 0 aliphatic heterocycles. The number of benzene rings is 1. The van der Waals surface area contributed by atoms with Crippen molar-refractivity contribution < 1.29 is 5.11 Å². The van der Waals surface area contributed by atoms with Crippen molar-refractivity contribution in [2.24, 2.45) is 26.1 Å². The third-order valence-corrected chi connectivity index (χ3v) is 4.60. The van der Waals surface area contributed by atoms with Gasteiger partial charge in [-0.2, -0.15) is 0 Å². The summed E-state index contributed by atoms with van der Waals surface area (Å²) in [4.78, 5) is 41.4. The van der Waals surface area contributed by atoms with E-state index in [0.717, 1.165) is 19.9 Å². The molecule has 2 aromatic heterocycles. The van der Waals surface area contributed by atoms with E-state index in [9.17, 15) is 19.5 Å². The van der Waals surface area contributed by atoms with Gasteiger partial charge in [0, 0.05) is 37.4 Å². The fourth-order valence-corrected chi connectivity index (χ4v) is 3.33. The van der Waals surface area contributed by atoms with Gasteiger partial charge in [0.25, 0.3) is 11.1 Å². The Balaban J connectivity index is 2.35. The van der Waals surface area contributed by atoms with E-state index in [4.69, 9.17) is 23.2 Å². The zero-order valence-corrected chi connectivity index (χ0v) is 16.0. The largest absolute Gasteiger partial charge is 0.506 e. The summed E-state index contributed by atoms with van der Waals surface area (Å²) in [5.74, 6) is -0.554. The fourth-order valence-electron chi connectivity index (χ4n) is 2.82. The number of halogens is 2. The van der Waals surface area contributed by atoms with Crippen molar-refractivity contribution in [1.29, 1.82) is 0 Å². The first-order valence-electron chi connectivity index (χ1n) is 7.65. The van der Waals surface area contributed by atoms with Crippen molar-refractivity contribution in [2.75, 3.05) is 0 Å². The highest BCUT2D eigenvalue weighted by Crippen LogP contribution is 2.25. The van der Waals surface area contributed by atoms with Gasteiger partial charge in [-0.1, -0.05) is 23.2 Å². The smallest absolute Gasteiger partial charge is 0.332 e. The van der Waals surface area contributed by atoms with Gasteiger partial charge in [-0.15, -0.1) is 0 Å². The number of fused-ring (bicyclic) bond motifs is 1. The first kappa shape index (κ1) is 18.9. The van der Waals surface area contributed by atoms with Gasteiger partial charge in [0.2, 0.25) is 0 Å². The molecule has 0 saturated carbocycles. The standard InChI is InChI=1S/C17H14Cl2N4O4/c1-21-14-12(16(26)23(3)17(27)22(14)2)13(24)11(15(21)25)7-20-10-5-8(18)4-9(19)6-10/h4-7,24H,1-3H3. The lowest BCUT2D eigenvalue weighted by molar-refractivity contribution is 0.476. The van der Waals surface area contributed by atoms with Crippen LogP contribution in [0.25, 0.3) is 11.0 Å². The summed E-state index contributed by atoms with van der Waals surface area (Å²) in [5, 5.41) is 11.1. The molecular formula is C17H14Cl2N4O4. The third-order valence-electron chi connectivity index (χ3n) is 4.17. The van der Waals surface area contributed by atoms with Crippen LogP contribution in [-0.2, 0) is 21.1 Å². The first-order chi connectivity index (χ1) is 12.6. The van der Waals surface area contributed by atoms with Gasteiger partial charge in [-0.3, -0.25) is 28.3 Å². The Bertz CT molecular complexity index is 1280. The Labute approximate surface area is 162 Å². The molecular weight excluding hydrogens is 395 g/mol. The van der Waals surface area contributed by atoms with Crippen LogP contribution in [-0.4, -0.2) is 25.0 Å². The summed E-state index contributed by atoms with van der Waals surface area (Å²) in [6.45, 7) is 0. The monoisotopic (exact) mass is 408 g/mol. The maximum Gasteiger partial charge on any atom is 0.332 e. The second-order valence-electron chi connectivity index (χ2n) is 5.92. The molecule has 0 saturated heterocycles. The predicted octanol–water partition coefficient (Wildman–Crippen LogP) is 1.70. The molecule has 0 radical (unpaired) electrons. The number of aromatic nitrogens is 3. The summed E-state index contributed by atoms with van der Waals surface area (Å²) in [5.41, 5.74) is -1.79. The second-order valence-corrected chi connectivity index (χ2v) is 6.79. The van der Waals surface area contributed by atoms with Crippen LogP contribution in [0.1, 0.15) is 5.56 Å². The molecule has 2 heterocycles. The maximum atomic E-state index is 12.7. The molecule has 3 rings (SSSR count). The van der Waals surface area contributed by atoms with Crippen molar-refractivity contribution in [1.82, 2.24) is 13.7 Å². The van der Waals surface area contributed by atoms with E-state index in [0.29, 0.717) is 15.7 Å². The molecule has 0 bridgehead atoms. The van der Waals surface area contributed by atoms with Crippen molar-refractivity contribution in [3.8, 4) is 5.75 Å². The van der Waals surface area contributed by atoms with Crippen molar-refractivity contribution in [2.45, 2.75) is 0 Å². The van der Waals surface area contributed by atoms with Crippen LogP contribution in [0.4, 0.5) is 5.69 Å². The molecule has 0 atom stereocenters. The van der Waals surface area contributed by atoms with Gasteiger partial charge in [0.15, 0.2) is 0 Å². The maximum absolute atomic E-state index is 12.7. The minimum atomic E-state index is -0.721. The van der Waals surface area contributed by atoms with E-state index in [1.807, 2.05) is 0 Å². The summed E-state index contributed by atoms with van der Waals surface area (Å²) in [6.07, 6.45) is 1.13. The average Bonchev–Trinajstić information content (AvgIpc) is 2.60. The van der Waals surface area contributed by atoms with Crippen LogP contribution >= 0.6 is 23.2 Å². The molecule has 0 spiro atoms. The summed E-state index contributed by atoms with van der Waals surface area (Å²) < 4.78 is 3.09. The predicted molar refractivity (Wildman–Crippen MR) is 105 cm³/mol. The molecule has 27 heavy (non-hydrogen) atoms. The molecule has 10 heteroatoms. The highest BCUT2D eigenvalue weighted by atomic mass is 35.5. The quantitative estimate of drug-likeness (QED) is 0.652. The Morgan fingerprint density at radius 3 is 2.11 bits per heavy atom. The van der Waals surface area contributed by atoms with Gasteiger partial charge in [-0.25, -0.2) is 4.79 Å². The lowest BCUT2D eigenvalue weighted by Gasteiger charge is -2.13. The summed E-state index contributed by atoms with van der Waals surface area (Å²) in [6, 6.07) is 4.57.